The fraction of sp³-hybridized carbons (Fsp3) is 0.462. The van der Waals surface area contributed by atoms with E-state index in [4.69, 9.17) is 4.74 Å². The van der Waals surface area contributed by atoms with Crippen LogP contribution in [0.25, 0.3) is 0 Å². The zero-order valence-corrected chi connectivity index (χ0v) is 12.5. The molecule has 1 aliphatic rings. The second-order valence-electron chi connectivity index (χ2n) is 4.74. The Morgan fingerprint density at radius 3 is 2.43 bits per heavy atom. The van der Waals surface area contributed by atoms with E-state index < -0.39 is 26.8 Å². The van der Waals surface area contributed by atoms with Crippen LogP contribution in [0.2, 0.25) is 0 Å². The van der Waals surface area contributed by atoms with Crippen molar-refractivity contribution in [2.45, 2.75) is 22.3 Å². The second kappa shape index (κ2) is 5.72. The van der Waals surface area contributed by atoms with E-state index >= 15 is 0 Å². The Hall–Kier alpha value is -1.48. The quantitative estimate of drug-likeness (QED) is 0.806. The fourth-order valence-electron chi connectivity index (χ4n) is 2.48. The van der Waals surface area contributed by atoms with Crippen LogP contribution in [0, 0.1) is 0 Å². The SMILES string of the molecule is COC(=O)[C@]1(S(=O)(=O)c2ccccc2)C[C@H](OC)CN1O. The van der Waals surface area contributed by atoms with Gasteiger partial charge in [0.2, 0.25) is 9.84 Å². The molecule has 1 fully saturated rings. The normalized spacial score (nSPS) is 26.7. The molecule has 2 rings (SSSR count). The van der Waals surface area contributed by atoms with Crippen molar-refractivity contribution < 1.29 is 27.9 Å². The third-order valence-corrected chi connectivity index (χ3v) is 5.96. The predicted molar refractivity (Wildman–Crippen MR) is 72.3 cm³/mol. The molecular weight excluding hydrogens is 298 g/mol. The average molecular weight is 315 g/mol. The van der Waals surface area contributed by atoms with Crippen molar-refractivity contribution in [3.63, 3.8) is 0 Å². The molecule has 1 N–H and O–H groups in total. The van der Waals surface area contributed by atoms with Gasteiger partial charge in [-0.15, -0.1) is 0 Å². The number of hydrogen-bond acceptors (Lipinski definition) is 7. The van der Waals surface area contributed by atoms with Crippen LogP contribution in [0.4, 0.5) is 0 Å². The van der Waals surface area contributed by atoms with Gasteiger partial charge in [-0.05, 0) is 12.1 Å². The Kier molecular flexibility index (Phi) is 4.33. The first-order valence-electron chi connectivity index (χ1n) is 6.27. The molecule has 0 aromatic heterocycles. The molecule has 1 aliphatic heterocycles. The van der Waals surface area contributed by atoms with E-state index in [1.807, 2.05) is 0 Å². The van der Waals surface area contributed by atoms with Crippen molar-refractivity contribution in [1.29, 1.82) is 0 Å². The maximum atomic E-state index is 12.9. The molecule has 1 aromatic rings. The fourth-order valence-corrected chi connectivity index (χ4v) is 4.44. The minimum atomic E-state index is -4.18. The minimum Gasteiger partial charge on any atom is -0.467 e. The van der Waals surface area contributed by atoms with Crippen LogP contribution in [-0.4, -0.2) is 56.4 Å². The van der Waals surface area contributed by atoms with Crippen LogP contribution in [0.15, 0.2) is 35.2 Å². The van der Waals surface area contributed by atoms with Gasteiger partial charge in [0.1, 0.15) is 0 Å². The molecule has 0 unspecified atom stereocenters. The summed E-state index contributed by atoms with van der Waals surface area (Å²) in [6.45, 7) is -0.0995. The first kappa shape index (κ1) is 15.9. The largest absolute Gasteiger partial charge is 0.467 e. The highest BCUT2D eigenvalue weighted by Crippen LogP contribution is 2.39. The lowest BCUT2D eigenvalue weighted by molar-refractivity contribution is -0.171. The summed E-state index contributed by atoms with van der Waals surface area (Å²) in [5.41, 5.74) is 0. The van der Waals surface area contributed by atoms with Crippen LogP contribution in [-0.2, 0) is 24.1 Å². The number of carbonyl (C=O) groups excluding carboxylic acids is 1. The maximum absolute atomic E-state index is 12.9. The van der Waals surface area contributed by atoms with E-state index in [1.165, 1.54) is 19.2 Å². The topological polar surface area (TPSA) is 93.1 Å². The molecule has 1 saturated heterocycles. The Morgan fingerprint density at radius 1 is 1.33 bits per heavy atom. The Bertz CT molecular complexity index is 617. The molecule has 0 saturated carbocycles. The summed E-state index contributed by atoms with van der Waals surface area (Å²) in [4.78, 5) is 9.91. The van der Waals surface area contributed by atoms with Gasteiger partial charge in [0.15, 0.2) is 0 Å². The van der Waals surface area contributed by atoms with Gasteiger partial charge in [0.25, 0.3) is 4.87 Å². The molecule has 8 heteroatoms. The van der Waals surface area contributed by atoms with Crippen LogP contribution in [0.1, 0.15) is 6.42 Å². The lowest BCUT2D eigenvalue weighted by Crippen LogP contribution is -2.55. The van der Waals surface area contributed by atoms with Crippen molar-refractivity contribution in [1.82, 2.24) is 5.06 Å². The monoisotopic (exact) mass is 315 g/mol. The third-order valence-electron chi connectivity index (χ3n) is 3.63. The molecule has 116 valence electrons. The Morgan fingerprint density at radius 2 is 1.95 bits per heavy atom. The van der Waals surface area contributed by atoms with Gasteiger partial charge in [0.05, 0.1) is 24.7 Å². The maximum Gasteiger partial charge on any atom is 0.344 e. The molecular formula is C13H17NO6S. The highest BCUT2D eigenvalue weighted by molar-refractivity contribution is 7.93. The van der Waals surface area contributed by atoms with Crippen molar-refractivity contribution in [3.05, 3.63) is 30.3 Å². The number of ether oxygens (including phenoxy) is 2. The van der Waals surface area contributed by atoms with E-state index in [9.17, 15) is 18.4 Å². The number of esters is 1. The summed E-state index contributed by atoms with van der Waals surface area (Å²) in [5.74, 6) is -1.03. The highest BCUT2D eigenvalue weighted by Gasteiger charge is 2.62. The summed E-state index contributed by atoms with van der Waals surface area (Å²) < 4.78 is 35.5. The van der Waals surface area contributed by atoms with Crippen LogP contribution >= 0.6 is 0 Å². The smallest absolute Gasteiger partial charge is 0.344 e. The van der Waals surface area contributed by atoms with E-state index in [-0.39, 0.29) is 17.9 Å². The Labute approximate surface area is 123 Å². The molecule has 2 atom stereocenters. The highest BCUT2D eigenvalue weighted by atomic mass is 32.2. The van der Waals surface area contributed by atoms with Gasteiger partial charge in [-0.2, -0.15) is 5.06 Å². The van der Waals surface area contributed by atoms with Gasteiger partial charge in [-0.1, -0.05) is 18.2 Å². The number of methoxy groups -OCH3 is 2. The summed E-state index contributed by atoms with van der Waals surface area (Å²) >= 11 is 0. The van der Waals surface area contributed by atoms with Crippen LogP contribution in [0.3, 0.4) is 0 Å². The van der Waals surface area contributed by atoms with Crippen molar-refractivity contribution in [3.8, 4) is 0 Å². The van der Waals surface area contributed by atoms with Gasteiger partial charge in [0, 0.05) is 13.5 Å². The minimum absolute atomic E-state index is 0.0637. The van der Waals surface area contributed by atoms with Gasteiger partial charge >= 0.3 is 5.97 Å². The van der Waals surface area contributed by atoms with Crippen molar-refractivity contribution in [2.75, 3.05) is 20.8 Å². The summed E-state index contributed by atoms with van der Waals surface area (Å²) in [6, 6.07) is 7.49. The summed E-state index contributed by atoms with van der Waals surface area (Å²) in [5, 5.41) is 10.6. The molecule has 0 aliphatic carbocycles. The molecule has 21 heavy (non-hydrogen) atoms. The van der Waals surface area contributed by atoms with Crippen LogP contribution < -0.4 is 0 Å². The molecule has 0 bridgehead atoms. The number of carbonyl (C=O) groups is 1. The number of hydrogen-bond donors (Lipinski definition) is 1. The number of hydroxylamine groups is 2. The molecule has 1 heterocycles. The lowest BCUT2D eigenvalue weighted by Gasteiger charge is -2.30. The van der Waals surface area contributed by atoms with Gasteiger partial charge in [-0.3, -0.25) is 0 Å². The second-order valence-corrected chi connectivity index (χ2v) is 6.89. The summed E-state index contributed by atoms with van der Waals surface area (Å²) in [6.07, 6.45) is -0.795. The van der Waals surface area contributed by atoms with E-state index in [2.05, 4.69) is 4.74 Å². The zero-order chi connectivity index (χ0) is 15.7. The first-order valence-corrected chi connectivity index (χ1v) is 7.76. The van der Waals surface area contributed by atoms with Crippen LogP contribution in [0.5, 0.6) is 0 Å². The molecule has 7 nitrogen and oxygen atoms in total. The first-order chi connectivity index (χ1) is 9.90. The molecule has 0 spiro atoms. The van der Waals surface area contributed by atoms with E-state index in [0.717, 1.165) is 7.11 Å². The third kappa shape index (κ3) is 2.34. The van der Waals surface area contributed by atoms with Gasteiger partial charge in [-0.25, -0.2) is 13.2 Å². The molecule has 0 radical (unpaired) electrons. The summed E-state index contributed by atoms with van der Waals surface area (Å²) in [7, 11) is -1.71. The van der Waals surface area contributed by atoms with Crippen molar-refractivity contribution in [2.24, 2.45) is 0 Å². The lowest BCUT2D eigenvalue weighted by atomic mass is 10.2. The molecule has 0 amide bonds. The number of sulfone groups is 1. The predicted octanol–water partition coefficient (Wildman–Crippen LogP) is 0.439. The number of benzene rings is 1. The Balaban J connectivity index is 2.60. The average Bonchev–Trinajstić information content (AvgIpc) is 2.85. The van der Waals surface area contributed by atoms with E-state index in [1.54, 1.807) is 18.2 Å². The molecule has 1 aromatic carbocycles. The number of rotatable bonds is 4. The standard InChI is InChI=1S/C13H17NO6S/c1-19-10-8-13(12(15)20-2,14(16)9-10)21(17,18)11-6-4-3-5-7-11/h3-7,10,16H,8-9H2,1-2H3/t10-,13+/m0/s1. The zero-order valence-electron chi connectivity index (χ0n) is 11.7. The van der Waals surface area contributed by atoms with Crippen molar-refractivity contribution >= 4 is 15.8 Å². The van der Waals surface area contributed by atoms with Gasteiger partial charge < -0.3 is 14.7 Å². The number of nitrogens with zero attached hydrogens (tertiary/aromatic N) is 1. The van der Waals surface area contributed by atoms with E-state index in [0.29, 0.717) is 5.06 Å².